The van der Waals surface area contributed by atoms with Crippen LogP contribution in [0.5, 0.6) is 0 Å². The number of rotatable bonds is 2. The van der Waals surface area contributed by atoms with Crippen LogP contribution in [0, 0.1) is 0 Å². The van der Waals surface area contributed by atoms with E-state index in [4.69, 9.17) is 5.73 Å². The summed E-state index contributed by atoms with van der Waals surface area (Å²) < 4.78 is 1.45. The first-order chi connectivity index (χ1) is 10.6. The van der Waals surface area contributed by atoms with Crippen LogP contribution < -0.4 is 5.73 Å². The molecule has 2 amide bonds. The van der Waals surface area contributed by atoms with Crippen molar-refractivity contribution in [3.8, 4) is 0 Å². The van der Waals surface area contributed by atoms with Crippen LogP contribution in [0.25, 0.3) is 10.9 Å². The molecule has 2 aromatic rings. The lowest BCUT2D eigenvalue weighted by Gasteiger charge is -2.32. The summed E-state index contributed by atoms with van der Waals surface area (Å²) in [5.41, 5.74) is 7.38. The molecule has 0 aliphatic carbocycles. The number of nitrogens with zero attached hydrogens (tertiary/aromatic N) is 2. The molecule has 1 aromatic carbocycles. The lowest BCUT2D eigenvalue weighted by molar-refractivity contribution is -0.127. The third-order valence-electron chi connectivity index (χ3n) is 4.35. The van der Waals surface area contributed by atoms with Gasteiger partial charge in [0.05, 0.1) is 5.52 Å². The smallest absolute Gasteiger partial charge is 0.323 e. The molecule has 1 fully saturated rings. The van der Waals surface area contributed by atoms with Crippen molar-refractivity contribution in [3.05, 3.63) is 48.7 Å². The predicted octanol–water partition coefficient (Wildman–Crippen LogP) is 2.46. The van der Waals surface area contributed by atoms with Gasteiger partial charge in [0, 0.05) is 30.6 Å². The molecule has 0 bridgehead atoms. The summed E-state index contributed by atoms with van der Waals surface area (Å²) in [6, 6.07) is 7.33. The van der Waals surface area contributed by atoms with Gasteiger partial charge in [0.25, 0.3) is 0 Å². The highest BCUT2D eigenvalue weighted by Gasteiger charge is 2.25. The molecular formula is C17H19N3O2. The summed E-state index contributed by atoms with van der Waals surface area (Å²) in [4.78, 5) is 25.1. The monoisotopic (exact) mass is 297 g/mol. The van der Waals surface area contributed by atoms with Crippen LogP contribution in [0.3, 0.4) is 0 Å². The van der Waals surface area contributed by atoms with Crippen molar-refractivity contribution in [3.63, 3.8) is 0 Å². The Labute approximate surface area is 129 Å². The lowest BCUT2D eigenvalue weighted by atomic mass is 9.88. The highest BCUT2D eigenvalue weighted by Crippen LogP contribution is 2.32. The molecule has 22 heavy (non-hydrogen) atoms. The van der Waals surface area contributed by atoms with E-state index in [1.165, 1.54) is 16.2 Å². The lowest BCUT2D eigenvalue weighted by Crippen LogP contribution is -2.38. The van der Waals surface area contributed by atoms with Crippen molar-refractivity contribution in [2.75, 3.05) is 13.1 Å². The average Bonchev–Trinajstić information content (AvgIpc) is 2.98. The third-order valence-corrected chi connectivity index (χ3v) is 4.35. The molecule has 0 spiro atoms. The molecule has 3 rings (SSSR count). The van der Waals surface area contributed by atoms with E-state index in [9.17, 15) is 9.59 Å². The topological polar surface area (TPSA) is 68.3 Å². The van der Waals surface area contributed by atoms with E-state index in [1.54, 1.807) is 6.20 Å². The van der Waals surface area contributed by atoms with E-state index in [2.05, 4.69) is 12.6 Å². The minimum atomic E-state index is -0.487. The summed E-state index contributed by atoms with van der Waals surface area (Å²) in [7, 11) is 0. The third kappa shape index (κ3) is 2.39. The molecule has 2 N–H and O–H groups in total. The van der Waals surface area contributed by atoms with Gasteiger partial charge in [-0.05, 0) is 36.6 Å². The normalized spacial score (nSPS) is 18.4. The molecule has 114 valence electrons. The average molecular weight is 297 g/mol. The minimum Gasteiger partial charge on any atom is -0.351 e. The molecule has 2 heterocycles. The number of primary amides is 1. The van der Waals surface area contributed by atoms with Crippen molar-refractivity contribution in [1.29, 1.82) is 0 Å². The fourth-order valence-corrected chi connectivity index (χ4v) is 3.30. The van der Waals surface area contributed by atoms with E-state index >= 15 is 0 Å². The summed E-state index contributed by atoms with van der Waals surface area (Å²) in [6.07, 6.45) is 5.07. The Hall–Kier alpha value is -2.56. The molecule has 1 atom stereocenters. The fraction of sp³-hybridized carbons (Fsp3) is 0.294. The van der Waals surface area contributed by atoms with Gasteiger partial charge in [0.2, 0.25) is 5.91 Å². The number of fused-ring (bicyclic) bond motifs is 1. The maximum absolute atomic E-state index is 11.8. The maximum atomic E-state index is 11.8. The molecule has 5 nitrogen and oxygen atoms in total. The van der Waals surface area contributed by atoms with Crippen molar-refractivity contribution in [2.24, 2.45) is 5.73 Å². The summed E-state index contributed by atoms with van der Waals surface area (Å²) in [5.74, 6) is 0.247. The summed E-state index contributed by atoms with van der Waals surface area (Å²) in [5, 5.41) is 1.03. The van der Waals surface area contributed by atoms with E-state index < -0.39 is 6.03 Å². The van der Waals surface area contributed by atoms with Crippen molar-refractivity contribution < 1.29 is 9.59 Å². The minimum absolute atomic E-state index is 0.0217. The number of amides is 2. The van der Waals surface area contributed by atoms with E-state index in [1.807, 2.05) is 23.1 Å². The van der Waals surface area contributed by atoms with Gasteiger partial charge >= 0.3 is 6.03 Å². The molecule has 0 saturated carbocycles. The zero-order chi connectivity index (χ0) is 15.7. The Morgan fingerprint density at radius 2 is 2.14 bits per heavy atom. The standard InChI is InChI=1S/C17H19N3O2/c1-2-16(21)19-9-4-5-12(11-19)13-6-3-7-15-14(13)8-10-20(15)17(18)22/h2-3,6-8,10,12H,1,4-5,9,11H2,(H2,18,22). The molecule has 1 aliphatic rings. The molecule has 1 saturated heterocycles. The van der Waals surface area contributed by atoms with Gasteiger partial charge in [0.1, 0.15) is 0 Å². The quantitative estimate of drug-likeness (QED) is 0.865. The SMILES string of the molecule is C=CC(=O)N1CCCC(c2cccc3c2ccn3C(N)=O)C1. The first-order valence-corrected chi connectivity index (χ1v) is 7.43. The number of piperidine rings is 1. The van der Waals surface area contributed by atoms with Gasteiger partial charge in [-0.25, -0.2) is 4.79 Å². The van der Waals surface area contributed by atoms with Gasteiger partial charge in [0.15, 0.2) is 0 Å². The van der Waals surface area contributed by atoms with Crippen molar-refractivity contribution in [1.82, 2.24) is 9.47 Å². The molecule has 0 radical (unpaired) electrons. The first kappa shape index (κ1) is 14.4. The summed E-state index contributed by atoms with van der Waals surface area (Å²) >= 11 is 0. The second-order valence-electron chi connectivity index (χ2n) is 5.63. The Kier molecular flexibility index (Phi) is 3.71. The van der Waals surface area contributed by atoms with Crippen molar-refractivity contribution >= 4 is 22.8 Å². The van der Waals surface area contributed by atoms with E-state index in [0.717, 1.165) is 30.3 Å². The van der Waals surface area contributed by atoms with Crippen LogP contribution in [0.1, 0.15) is 24.3 Å². The largest absolute Gasteiger partial charge is 0.351 e. The van der Waals surface area contributed by atoms with Gasteiger partial charge in [-0.15, -0.1) is 0 Å². The highest BCUT2D eigenvalue weighted by molar-refractivity contribution is 5.93. The number of hydrogen-bond donors (Lipinski definition) is 1. The second kappa shape index (κ2) is 5.67. The van der Waals surface area contributed by atoms with Gasteiger partial charge < -0.3 is 10.6 Å². The zero-order valence-corrected chi connectivity index (χ0v) is 12.4. The second-order valence-corrected chi connectivity index (χ2v) is 5.63. The number of carbonyl (C=O) groups is 2. The molecule has 5 heteroatoms. The van der Waals surface area contributed by atoms with Gasteiger partial charge in [-0.3, -0.25) is 9.36 Å². The Morgan fingerprint density at radius 1 is 1.32 bits per heavy atom. The van der Waals surface area contributed by atoms with Gasteiger partial charge in [-0.1, -0.05) is 18.7 Å². The number of hydrogen-bond acceptors (Lipinski definition) is 2. The number of carbonyl (C=O) groups excluding carboxylic acids is 2. The number of likely N-dealkylation sites (tertiary alicyclic amines) is 1. The van der Waals surface area contributed by atoms with Crippen LogP contribution in [0.4, 0.5) is 4.79 Å². The van der Waals surface area contributed by atoms with Crippen LogP contribution >= 0.6 is 0 Å². The van der Waals surface area contributed by atoms with Crippen LogP contribution in [0.2, 0.25) is 0 Å². The Bertz CT molecular complexity index is 747. The van der Waals surface area contributed by atoms with Gasteiger partial charge in [-0.2, -0.15) is 0 Å². The van der Waals surface area contributed by atoms with Crippen molar-refractivity contribution in [2.45, 2.75) is 18.8 Å². The summed E-state index contributed by atoms with van der Waals surface area (Å²) in [6.45, 7) is 5.02. The highest BCUT2D eigenvalue weighted by atomic mass is 16.2. The number of nitrogens with two attached hydrogens (primary N) is 1. The van der Waals surface area contributed by atoms with E-state index in [-0.39, 0.29) is 11.8 Å². The predicted molar refractivity (Wildman–Crippen MR) is 85.7 cm³/mol. The van der Waals surface area contributed by atoms with Crippen LogP contribution in [-0.2, 0) is 4.79 Å². The maximum Gasteiger partial charge on any atom is 0.323 e. The fourth-order valence-electron chi connectivity index (χ4n) is 3.30. The molecule has 1 aromatic heterocycles. The first-order valence-electron chi connectivity index (χ1n) is 7.43. The molecule has 1 aliphatic heterocycles. The van der Waals surface area contributed by atoms with Crippen LogP contribution in [-0.4, -0.2) is 34.5 Å². The zero-order valence-electron chi connectivity index (χ0n) is 12.4. The molecular weight excluding hydrogens is 278 g/mol. The van der Waals surface area contributed by atoms with Crippen LogP contribution in [0.15, 0.2) is 43.1 Å². The molecule has 1 unspecified atom stereocenters. The number of benzene rings is 1. The Balaban J connectivity index is 1.98. The number of aromatic nitrogens is 1. The Morgan fingerprint density at radius 3 is 2.86 bits per heavy atom. The van der Waals surface area contributed by atoms with E-state index in [0.29, 0.717) is 6.54 Å².